The van der Waals surface area contributed by atoms with Crippen molar-refractivity contribution in [1.82, 2.24) is 4.31 Å². The van der Waals surface area contributed by atoms with Gasteiger partial charge in [-0.25, -0.2) is 8.42 Å². The van der Waals surface area contributed by atoms with Crippen LogP contribution in [0.5, 0.6) is 0 Å². The van der Waals surface area contributed by atoms with Crippen LogP contribution in [0.25, 0.3) is 0 Å². The fourth-order valence-corrected chi connectivity index (χ4v) is 3.40. The number of halogens is 2. The Bertz CT molecular complexity index is 576. The molecule has 4 nitrogen and oxygen atoms in total. The Hall–Kier alpha value is -0.400. The van der Waals surface area contributed by atoms with Crippen LogP contribution in [0.3, 0.4) is 0 Å². The summed E-state index contributed by atoms with van der Waals surface area (Å²) in [5, 5.41) is 0.514. The second kappa shape index (κ2) is 6.85. The predicted octanol–water partition coefficient (Wildman–Crippen LogP) is 2.68. The molecule has 106 valence electrons. The van der Waals surface area contributed by atoms with Crippen LogP contribution in [0.4, 0.5) is 0 Å². The van der Waals surface area contributed by atoms with Gasteiger partial charge >= 0.3 is 0 Å². The third-order valence-electron chi connectivity index (χ3n) is 2.49. The van der Waals surface area contributed by atoms with Crippen molar-refractivity contribution < 1.29 is 8.42 Å². The molecule has 0 saturated carbocycles. The molecule has 1 aromatic rings. The van der Waals surface area contributed by atoms with E-state index in [9.17, 15) is 8.42 Å². The highest BCUT2D eigenvalue weighted by atomic mass is 35.5. The molecule has 0 spiro atoms. The molecule has 2 N–H and O–H groups in total. The molecule has 0 amide bonds. The molecular formula is C11H14Cl2N2O2S2. The van der Waals surface area contributed by atoms with Crippen molar-refractivity contribution in [3.05, 3.63) is 28.2 Å². The number of rotatable bonds is 6. The zero-order chi connectivity index (χ0) is 14.6. The van der Waals surface area contributed by atoms with Gasteiger partial charge in [-0.05, 0) is 18.2 Å². The van der Waals surface area contributed by atoms with Crippen LogP contribution < -0.4 is 5.73 Å². The number of nitrogens with zero attached hydrogens (tertiary/aromatic N) is 1. The number of sulfonamides is 1. The molecule has 0 unspecified atom stereocenters. The van der Waals surface area contributed by atoms with E-state index in [1.54, 1.807) is 6.92 Å². The molecule has 0 aliphatic rings. The molecule has 1 aromatic carbocycles. The third kappa shape index (κ3) is 4.29. The van der Waals surface area contributed by atoms with Crippen molar-refractivity contribution in [3.8, 4) is 0 Å². The average Bonchev–Trinajstić information content (AvgIpc) is 2.32. The van der Waals surface area contributed by atoms with Gasteiger partial charge in [0, 0.05) is 19.5 Å². The van der Waals surface area contributed by atoms with Gasteiger partial charge in [0.2, 0.25) is 10.0 Å². The summed E-state index contributed by atoms with van der Waals surface area (Å²) >= 11 is 16.4. The van der Waals surface area contributed by atoms with Gasteiger partial charge in [-0.3, -0.25) is 0 Å². The lowest BCUT2D eigenvalue weighted by molar-refractivity contribution is 0.437. The molecule has 0 aliphatic carbocycles. The number of benzene rings is 1. The Morgan fingerprint density at radius 2 is 2.00 bits per heavy atom. The van der Waals surface area contributed by atoms with E-state index in [-0.39, 0.29) is 21.5 Å². The molecule has 0 bridgehead atoms. The Balaban J connectivity index is 3.06. The van der Waals surface area contributed by atoms with Crippen LogP contribution in [0.1, 0.15) is 13.3 Å². The lowest BCUT2D eigenvalue weighted by Gasteiger charge is -2.20. The maximum Gasteiger partial charge on any atom is 0.243 e. The standard InChI is InChI=1S/C11H14Cl2N2O2S2/c1-2-15(6-5-11(14)18)19(16,17)8-3-4-9(12)10(13)7-8/h3-4,7H,2,5-6H2,1H3,(H2,14,18). The van der Waals surface area contributed by atoms with Crippen molar-refractivity contribution in [3.63, 3.8) is 0 Å². The van der Waals surface area contributed by atoms with Crippen molar-refractivity contribution in [2.75, 3.05) is 13.1 Å². The summed E-state index contributed by atoms with van der Waals surface area (Å²) in [4.78, 5) is 0.384. The molecule has 0 radical (unpaired) electrons. The van der Waals surface area contributed by atoms with Crippen LogP contribution >= 0.6 is 35.4 Å². The largest absolute Gasteiger partial charge is 0.393 e. The van der Waals surface area contributed by atoms with Crippen LogP contribution in [0, 0.1) is 0 Å². The van der Waals surface area contributed by atoms with E-state index in [1.807, 2.05) is 0 Å². The zero-order valence-corrected chi connectivity index (χ0v) is 13.4. The van der Waals surface area contributed by atoms with Gasteiger partial charge in [-0.15, -0.1) is 0 Å². The monoisotopic (exact) mass is 340 g/mol. The van der Waals surface area contributed by atoms with Crippen molar-refractivity contribution >= 4 is 50.4 Å². The first-order chi connectivity index (χ1) is 8.78. The van der Waals surface area contributed by atoms with E-state index < -0.39 is 10.0 Å². The highest BCUT2D eigenvalue weighted by Gasteiger charge is 2.23. The van der Waals surface area contributed by atoms with Gasteiger partial charge in [0.25, 0.3) is 0 Å². The number of nitrogens with two attached hydrogens (primary N) is 1. The second-order valence-electron chi connectivity index (χ2n) is 3.79. The molecule has 0 aromatic heterocycles. The second-order valence-corrected chi connectivity index (χ2v) is 7.07. The number of hydrogen-bond donors (Lipinski definition) is 1. The summed E-state index contributed by atoms with van der Waals surface area (Å²) < 4.78 is 26.1. The van der Waals surface area contributed by atoms with Gasteiger partial charge in [0.15, 0.2) is 0 Å². The SMILES string of the molecule is CCN(CCC(N)=S)S(=O)(=O)c1ccc(Cl)c(Cl)c1. The summed E-state index contributed by atoms with van der Waals surface area (Å²) in [5.41, 5.74) is 5.39. The maximum atomic E-state index is 12.4. The van der Waals surface area contributed by atoms with Gasteiger partial charge in [0.1, 0.15) is 0 Å². The van der Waals surface area contributed by atoms with E-state index in [2.05, 4.69) is 0 Å². The molecule has 1 rings (SSSR count). The molecule has 19 heavy (non-hydrogen) atoms. The Morgan fingerprint density at radius 1 is 1.37 bits per heavy atom. The minimum absolute atomic E-state index is 0.103. The highest BCUT2D eigenvalue weighted by molar-refractivity contribution is 7.89. The maximum absolute atomic E-state index is 12.4. The quantitative estimate of drug-likeness (QED) is 0.808. The third-order valence-corrected chi connectivity index (χ3v) is 5.40. The zero-order valence-electron chi connectivity index (χ0n) is 10.3. The average molecular weight is 341 g/mol. The summed E-state index contributed by atoms with van der Waals surface area (Å²) in [6.45, 7) is 2.31. The molecule has 8 heteroatoms. The first-order valence-electron chi connectivity index (χ1n) is 5.52. The lowest BCUT2D eigenvalue weighted by atomic mass is 10.4. The molecule has 0 aliphatic heterocycles. The Labute approximate surface area is 128 Å². The lowest BCUT2D eigenvalue weighted by Crippen LogP contribution is -2.33. The Morgan fingerprint density at radius 3 is 2.47 bits per heavy atom. The summed E-state index contributed by atoms with van der Waals surface area (Å²) in [6.07, 6.45) is 0.337. The van der Waals surface area contributed by atoms with Crippen LogP contribution in [0.15, 0.2) is 23.1 Å². The topological polar surface area (TPSA) is 63.4 Å². The predicted molar refractivity (Wildman–Crippen MR) is 82.3 cm³/mol. The van der Waals surface area contributed by atoms with Gasteiger partial charge in [0.05, 0.1) is 19.9 Å². The summed E-state index contributed by atoms with van der Waals surface area (Å²) in [6, 6.07) is 4.22. The van der Waals surface area contributed by atoms with Crippen LogP contribution in [-0.2, 0) is 10.0 Å². The molecular weight excluding hydrogens is 327 g/mol. The van der Waals surface area contributed by atoms with E-state index in [0.29, 0.717) is 18.0 Å². The number of thiocarbonyl (C=S) groups is 1. The Kier molecular flexibility index (Phi) is 6.01. The van der Waals surface area contributed by atoms with Gasteiger partial charge in [-0.1, -0.05) is 42.3 Å². The van der Waals surface area contributed by atoms with E-state index in [0.717, 1.165) is 0 Å². The first kappa shape index (κ1) is 16.7. The molecule has 0 heterocycles. The normalized spacial score (nSPS) is 11.8. The van der Waals surface area contributed by atoms with Crippen LogP contribution in [0.2, 0.25) is 10.0 Å². The fourth-order valence-electron chi connectivity index (χ4n) is 1.47. The van der Waals surface area contributed by atoms with Crippen molar-refractivity contribution in [2.24, 2.45) is 5.73 Å². The first-order valence-corrected chi connectivity index (χ1v) is 8.13. The molecule has 0 atom stereocenters. The van der Waals surface area contributed by atoms with E-state index in [1.165, 1.54) is 22.5 Å². The van der Waals surface area contributed by atoms with E-state index >= 15 is 0 Å². The van der Waals surface area contributed by atoms with Crippen molar-refractivity contribution in [1.29, 1.82) is 0 Å². The fraction of sp³-hybridized carbons (Fsp3) is 0.364. The smallest absolute Gasteiger partial charge is 0.243 e. The van der Waals surface area contributed by atoms with Gasteiger partial charge < -0.3 is 5.73 Å². The summed E-state index contributed by atoms with van der Waals surface area (Å²) in [5.74, 6) is 0. The van der Waals surface area contributed by atoms with E-state index in [4.69, 9.17) is 41.2 Å². The minimum Gasteiger partial charge on any atom is -0.393 e. The highest BCUT2D eigenvalue weighted by Crippen LogP contribution is 2.26. The number of hydrogen-bond acceptors (Lipinski definition) is 3. The summed E-state index contributed by atoms with van der Waals surface area (Å²) in [7, 11) is -3.61. The van der Waals surface area contributed by atoms with Crippen molar-refractivity contribution in [2.45, 2.75) is 18.2 Å². The molecule has 0 fully saturated rings. The molecule has 0 saturated heterocycles. The van der Waals surface area contributed by atoms with Gasteiger partial charge in [-0.2, -0.15) is 4.31 Å². The minimum atomic E-state index is -3.61. The van der Waals surface area contributed by atoms with Crippen LogP contribution in [-0.4, -0.2) is 30.8 Å².